The number of unbranched alkanes of at least 4 members (excludes halogenated alkanes) is 1. The van der Waals surface area contributed by atoms with Gasteiger partial charge >= 0.3 is 0 Å². The number of aromatic nitrogens is 3. The fraction of sp³-hybridized carbons (Fsp3) is 0.333. The molecule has 0 aliphatic heterocycles. The van der Waals surface area contributed by atoms with Crippen LogP contribution in [0.2, 0.25) is 0 Å². The van der Waals surface area contributed by atoms with E-state index in [4.69, 9.17) is 4.98 Å². The van der Waals surface area contributed by atoms with E-state index in [0.29, 0.717) is 0 Å². The largest absolute Gasteiger partial charge is 0.327 e. The molecule has 2 heterocycles. The Morgan fingerprint density at radius 2 is 2.09 bits per heavy atom. The average Bonchev–Trinajstić information content (AvgIpc) is 2.84. The highest BCUT2D eigenvalue weighted by Crippen LogP contribution is 2.32. The maximum atomic E-state index is 4.85. The molecule has 0 amide bonds. The molecule has 114 valence electrons. The molecule has 0 radical (unpaired) electrons. The van der Waals surface area contributed by atoms with Gasteiger partial charge in [0.05, 0.1) is 11.0 Å². The second-order valence-electron chi connectivity index (χ2n) is 5.56. The molecule has 1 aromatic carbocycles. The second kappa shape index (κ2) is 6.53. The van der Waals surface area contributed by atoms with Crippen LogP contribution in [0, 0.1) is 6.92 Å². The Labute approximate surface area is 135 Å². The summed E-state index contributed by atoms with van der Waals surface area (Å²) in [5, 5.41) is 0. The van der Waals surface area contributed by atoms with Crippen LogP contribution in [0.5, 0.6) is 0 Å². The molecule has 0 aliphatic carbocycles. The van der Waals surface area contributed by atoms with Crippen LogP contribution in [0.3, 0.4) is 0 Å². The van der Waals surface area contributed by atoms with E-state index in [2.05, 4.69) is 54.7 Å². The summed E-state index contributed by atoms with van der Waals surface area (Å²) < 4.78 is 2.17. The summed E-state index contributed by atoms with van der Waals surface area (Å²) in [6.45, 7) is 4.32. The van der Waals surface area contributed by atoms with Crippen molar-refractivity contribution in [3.63, 3.8) is 0 Å². The maximum absolute atomic E-state index is 4.85. The number of hydrogen-bond donors (Lipinski definition) is 0. The van der Waals surface area contributed by atoms with E-state index in [1.807, 2.05) is 24.2 Å². The van der Waals surface area contributed by atoms with Crippen molar-refractivity contribution < 1.29 is 0 Å². The molecule has 0 unspecified atom stereocenters. The minimum Gasteiger partial charge on any atom is -0.327 e. The lowest BCUT2D eigenvalue weighted by Crippen LogP contribution is -1.95. The Bertz CT molecular complexity index is 792. The SMILES string of the molecule is CCCCSc1cnccc1-c1nc2cc(C)ccc2n1C. The Kier molecular flexibility index (Phi) is 4.48. The van der Waals surface area contributed by atoms with E-state index in [0.717, 1.165) is 17.1 Å². The van der Waals surface area contributed by atoms with Crippen LogP contribution in [-0.2, 0) is 7.05 Å². The molecule has 0 aliphatic rings. The first-order valence-electron chi connectivity index (χ1n) is 7.71. The van der Waals surface area contributed by atoms with Gasteiger partial charge in [-0.2, -0.15) is 0 Å². The zero-order valence-electron chi connectivity index (χ0n) is 13.3. The number of pyridine rings is 1. The fourth-order valence-corrected chi connectivity index (χ4v) is 3.66. The zero-order chi connectivity index (χ0) is 15.5. The first kappa shape index (κ1) is 15.1. The number of nitrogens with zero attached hydrogens (tertiary/aromatic N) is 3. The smallest absolute Gasteiger partial charge is 0.142 e. The van der Waals surface area contributed by atoms with Gasteiger partial charge in [0.15, 0.2) is 0 Å². The summed E-state index contributed by atoms with van der Waals surface area (Å²) in [6, 6.07) is 8.50. The molecule has 2 aromatic heterocycles. The van der Waals surface area contributed by atoms with Gasteiger partial charge in [0.2, 0.25) is 0 Å². The van der Waals surface area contributed by atoms with E-state index in [1.54, 1.807) is 0 Å². The van der Waals surface area contributed by atoms with Crippen LogP contribution in [-0.4, -0.2) is 20.3 Å². The Morgan fingerprint density at radius 3 is 2.91 bits per heavy atom. The molecule has 3 nitrogen and oxygen atoms in total. The van der Waals surface area contributed by atoms with Crippen molar-refractivity contribution in [1.82, 2.24) is 14.5 Å². The van der Waals surface area contributed by atoms with E-state index in [1.165, 1.54) is 34.4 Å². The first-order chi connectivity index (χ1) is 10.7. The topological polar surface area (TPSA) is 30.7 Å². The molecule has 3 rings (SSSR count). The molecular weight excluding hydrogens is 290 g/mol. The van der Waals surface area contributed by atoms with Gasteiger partial charge in [0, 0.05) is 29.9 Å². The third kappa shape index (κ3) is 2.88. The second-order valence-corrected chi connectivity index (χ2v) is 6.70. The summed E-state index contributed by atoms with van der Waals surface area (Å²) in [7, 11) is 2.08. The Balaban J connectivity index is 2.05. The van der Waals surface area contributed by atoms with Gasteiger partial charge in [-0.3, -0.25) is 4.98 Å². The lowest BCUT2D eigenvalue weighted by Gasteiger charge is -2.08. The number of thioether (sulfide) groups is 1. The van der Waals surface area contributed by atoms with Crippen LogP contribution in [0.15, 0.2) is 41.6 Å². The molecule has 0 saturated carbocycles. The fourth-order valence-electron chi connectivity index (χ4n) is 2.56. The summed E-state index contributed by atoms with van der Waals surface area (Å²) in [5.41, 5.74) is 4.64. The zero-order valence-corrected chi connectivity index (χ0v) is 14.2. The highest BCUT2D eigenvalue weighted by atomic mass is 32.2. The van der Waals surface area contributed by atoms with Crippen LogP contribution >= 0.6 is 11.8 Å². The predicted molar refractivity (Wildman–Crippen MR) is 94.3 cm³/mol. The lowest BCUT2D eigenvalue weighted by molar-refractivity contribution is 0.895. The summed E-state index contributed by atoms with van der Waals surface area (Å²) >= 11 is 1.87. The van der Waals surface area contributed by atoms with Gasteiger partial charge in [0.25, 0.3) is 0 Å². The van der Waals surface area contributed by atoms with Gasteiger partial charge in [-0.1, -0.05) is 19.4 Å². The van der Waals surface area contributed by atoms with Crippen molar-refractivity contribution in [3.8, 4) is 11.4 Å². The number of hydrogen-bond acceptors (Lipinski definition) is 3. The van der Waals surface area contributed by atoms with Crippen molar-refractivity contribution >= 4 is 22.8 Å². The van der Waals surface area contributed by atoms with E-state index >= 15 is 0 Å². The van der Waals surface area contributed by atoms with Gasteiger partial charge in [0.1, 0.15) is 5.82 Å². The van der Waals surface area contributed by atoms with Gasteiger partial charge in [-0.15, -0.1) is 11.8 Å². The Hall–Kier alpha value is -1.81. The summed E-state index contributed by atoms with van der Waals surface area (Å²) in [6.07, 6.45) is 6.25. The third-order valence-electron chi connectivity index (χ3n) is 3.82. The van der Waals surface area contributed by atoms with Gasteiger partial charge in [-0.05, 0) is 42.9 Å². The molecule has 0 spiro atoms. The van der Waals surface area contributed by atoms with Crippen LogP contribution in [0.4, 0.5) is 0 Å². The first-order valence-corrected chi connectivity index (χ1v) is 8.69. The van der Waals surface area contributed by atoms with Gasteiger partial charge in [-0.25, -0.2) is 4.98 Å². The average molecular weight is 311 g/mol. The minimum atomic E-state index is 1.02. The third-order valence-corrected chi connectivity index (χ3v) is 4.95. The van der Waals surface area contributed by atoms with E-state index in [-0.39, 0.29) is 0 Å². The lowest BCUT2D eigenvalue weighted by atomic mass is 10.2. The molecule has 4 heteroatoms. The molecule has 22 heavy (non-hydrogen) atoms. The van der Waals surface area contributed by atoms with Crippen molar-refractivity contribution in [2.24, 2.45) is 7.05 Å². The normalized spacial score (nSPS) is 11.2. The van der Waals surface area contributed by atoms with E-state index in [9.17, 15) is 0 Å². The highest BCUT2D eigenvalue weighted by Gasteiger charge is 2.13. The maximum Gasteiger partial charge on any atom is 0.142 e. The summed E-state index contributed by atoms with van der Waals surface area (Å²) in [4.78, 5) is 10.4. The number of imidazole rings is 1. The quantitative estimate of drug-likeness (QED) is 0.499. The molecule has 0 N–H and O–H groups in total. The highest BCUT2D eigenvalue weighted by molar-refractivity contribution is 7.99. The molecule has 0 fully saturated rings. The van der Waals surface area contributed by atoms with Crippen LogP contribution in [0.25, 0.3) is 22.4 Å². The minimum absolute atomic E-state index is 1.02. The monoisotopic (exact) mass is 311 g/mol. The van der Waals surface area contributed by atoms with Gasteiger partial charge < -0.3 is 4.57 Å². The van der Waals surface area contributed by atoms with Crippen molar-refractivity contribution in [3.05, 3.63) is 42.2 Å². The molecule has 0 atom stereocenters. The number of fused-ring (bicyclic) bond motifs is 1. The van der Waals surface area contributed by atoms with Crippen LogP contribution < -0.4 is 0 Å². The van der Waals surface area contributed by atoms with Crippen molar-refractivity contribution in [1.29, 1.82) is 0 Å². The molecule has 0 bridgehead atoms. The van der Waals surface area contributed by atoms with Crippen molar-refractivity contribution in [2.45, 2.75) is 31.6 Å². The molecule has 3 aromatic rings. The van der Waals surface area contributed by atoms with E-state index < -0.39 is 0 Å². The number of rotatable bonds is 5. The Morgan fingerprint density at radius 1 is 1.23 bits per heavy atom. The summed E-state index contributed by atoms with van der Waals surface area (Å²) in [5.74, 6) is 2.14. The number of aryl methyl sites for hydroxylation is 2. The molecule has 0 saturated heterocycles. The van der Waals surface area contributed by atoms with Crippen LogP contribution in [0.1, 0.15) is 25.3 Å². The predicted octanol–water partition coefficient (Wildman–Crippen LogP) is 4.84. The standard InChI is InChI=1S/C18H21N3S/c1-4-5-10-22-17-12-19-9-8-14(17)18-20-15-11-13(2)6-7-16(15)21(18)3/h6-9,11-12H,4-5,10H2,1-3H3. The number of benzene rings is 1. The van der Waals surface area contributed by atoms with Crippen molar-refractivity contribution in [2.75, 3.05) is 5.75 Å². The molecular formula is C18H21N3S.